The van der Waals surface area contributed by atoms with Crippen LogP contribution >= 0.6 is 0 Å². The second kappa shape index (κ2) is 8.01. The topological polar surface area (TPSA) is 112 Å². The average Bonchev–Trinajstić information content (AvgIpc) is 2.66. The Bertz CT molecular complexity index is 1050. The number of nitrogens with zero attached hydrogens (tertiary/aromatic N) is 4. The van der Waals surface area contributed by atoms with E-state index in [0.29, 0.717) is 36.0 Å². The minimum absolute atomic E-state index is 0.0171. The van der Waals surface area contributed by atoms with Gasteiger partial charge in [0.1, 0.15) is 29.3 Å². The van der Waals surface area contributed by atoms with E-state index in [9.17, 15) is 23.1 Å². The van der Waals surface area contributed by atoms with Crippen LogP contribution in [0.4, 0.5) is 30.6 Å². The molecule has 1 saturated carbocycles. The number of alkyl halides is 3. The monoisotopic (exact) mass is 466 g/mol. The van der Waals surface area contributed by atoms with E-state index in [1.165, 1.54) is 6.07 Å². The van der Waals surface area contributed by atoms with Gasteiger partial charge < -0.3 is 25.4 Å². The van der Waals surface area contributed by atoms with Crippen LogP contribution in [0.15, 0.2) is 18.3 Å². The highest BCUT2D eigenvalue weighted by Crippen LogP contribution is 2.36. The number of carbonyl (C=O) groups is 1. The zero-order valence-corrected chi connectivity index (χ0v) is 18.6. The van der Waals surface area contributed by atoms with Crippen molar-refractivity contribution in [3.63, 3.8) is 0 Å². The number of amides is 1. The van der Waals surface area contributed by atoms with Gasteiger partial charge >= 0.3 is 6.18 Å². The first-order valence-electron chi connectivity index (χ1n) is 10.4. The Labute approximate surface area is 188 Å². The molecule has 33 heavy (non-hydrogen) atoms. The third-order valence-electron chi connectivity index (χ3n) is 5.72. The van der Waals surface area contributed by atoms with Crippen molar-refractivity contribution in [2.45, 2.75) is 63.6 Å². The van der Waals surface area contributed by atoms with E-state index < -0.39 is 23.5 Å². The third-order valence-corrected chi connectivity index (χ3v) is 5.72. The summed E-state index contributed by atoms with van der Waals surface area (Å²) in [4.78, 5) is 26.5. The number of hydrogen-bond donors (Lipinski definition) is 3. The first-order valence-corrected chi connectivity index (χ1v) is 10.4. The molecule has 3 N–H and O–H groups in total. The second-order valence-corrected chi connectivity index (χ2v) is 8.92. The van der Waals surface area contributed by atoms with Crippen LogP contribution in [-0.4, -0.2) is 56.8 Å². The predicted molar refractivity (Wildman–Crippen MR) is 114 cm³/mol. The summed E-state index contributed by atoms with van der Waals surface area (Å²) < 4.78 is 43.5. The van der Waals surface area contributed by atoms with Crippen LogP contribution in [0.5, 0.6) is 5.75 Å². The number of aromatic nitrogens is 3. The Hall–Kier alpha value is -3.15. The number of aliphatic hydroxyl groups is 1. The van der Waals surface area contributed by atoms with Crippen molar-refractivity contribution in [3.05, 3.63) is 29.7 Å². The number of hydrogen-bond acceptors (Lipinski definition) is 8. The Balaban J connectivity index is 1.39. The van der Waals surface area contributed by atoms with Gasteiger partial charge in [-0.1, -0.05) is 0 Å². The quantitative estimate of drug-likeness (QED) is 0.617. The van der Waals surface area contributed by atoms with Gasteiger partial charge in [0.05, 0.1) is 17.5 Å². The Morgan fingerprint density at radius 3 is 2.52 bits per heavy atom. The van der Waals surface area contributed by atoms with Crippen molar-refractivity contribution in [1.82, 2.24) is 15.0 Å². The molecule has 3 heterocycles. The van der Waals surface area contributed by atoms with Crippen LogP contribution < -0.4 is 20.3 Å². The van der Waals surface area contributed by atoms with Gasteiger partial charge in [0.2, 0.25) is 11.9 Å². The highest BCUT2D eigenvalue weighted by Gasteiger charge is 2.42. The predicted octanol–water partition coefficient (Wildman–Crippen LogP) is 2.75. The summed E-state index contributed by atoms with van der Waals surface area (Å²) in [6, 6.07) is 1.36. The number of likely N-dealkylation sites (N-methyl/N-ethyl adjacent to an activating group) is 1. The highest BCUT2D eigenvalue weighted by atomic mass is 19.4. The summed E-state index contributed by atoms with van der Waals surface area (Å²) in [6.07, 6.45) is -2.36. The number of fused-ring (bicyclic) bond motifs is 1. The molecule has 2 aromatic rings. The molecular formula is C21H25F3N6O3. The highest BCUT2D eigenvalue weighted by molar-refractivity contribution is 6.04. The van der Waals surface area contributed by atoms with Crippen molar-refractivity contribution >= 4 is 23.4 Å². The molecule has 1 atom stereocenters. The summed E-state index contributed by atoms with van der Waals surface area (Å²) >= 11 is 0. The summed E-state index contributed by atoms with van der Waals surface area (Å²) in [5, 5.41) is 16.4. The lowest BCUT2D eigenvalue weighted by Gasteiger charge is -2.41. The standard InChI is InChI=1S/C21H25F3N6O3/c1-10-15-17(30(4)16(18(31)28-15)20(2,3)32)29-19(26-10)27-11-7-13(8-11)33-12-5-6-14(25-9-12)21(22,23)24/h5-6,9,11,13,16,32H,7-8H2,1-4H3,(H,28,31)(H,26,27,29). The molecule has 1 fully saturated rings. The number of halogens is 3. The second-order valence-electron chi connectivity index (χ2n) is 8.92. The molecule has 2 aliphatic rings. The largest absolute Gasteiger partial charge is 0.489 e. The van der Waals surface area contributed by atoms with Crippen molar-refractivity contribution in [1.29, 1.82) is 0 Å². The Kier molecular flexibility index (Phi) is 5.59. The third kappa shape index (κ3) is 4.65. The first kappa shape index (κ1) is 23.0. The number of nitrogens with one attached hydrogen (secondary N) is 2. The lowest BCUT2D eigenvalue weighted by atomic mass is 9.89. The van der Waals surface area contributed by atoms with Crippen molar-refractivity contribution in [3.8, 4) is 5.75 Å². The fourth-order valence-electron chi connectivity index (χ4n) is 4.08. The number of pyridine rings is 1. The molecule has 0 aromatic carbocycles. The molecule has 178 valence electrons. The lowest BCUT2D eigenvalue weighted by Crippen LogP contribution is -2.57. The van der Waals surface area contributed by atoms with Crippen LogP contribution in [0.1, 0.15) is 38.1 Å². The SMILES string of the molecule is Cc1nc(NC2CC(Oc3ccc(C(F)(F)F)nc3)C2)nc2c1NC(=O)C(C(C)(C)O)N2C. The summed E-state index contributed by atoms with van der Waals surface area (Å²) in [6.45, 7) is 4.88. The summed E-state index contributed by atoms with van der Waals surface area (Å²) in [5.74, 6) is 0.826. The molecule has 12 heteroatoms. The number of aryl methyl sites for hydroxylation is 1. The Morgan fingerprint density at radius 2 is 1.94 bits per heavy atom. The fourth-order valence-corrected chi connectivity index (χ4v) is 4.08. The van der Waals surface area contributed by atoms with Crippen molar-refractivity contribution in [2.24, 2.45) is 0 Å². The van der Waals surface area contributed by atoms with Crippen molar-refractivity contribution in [2.75, 3.05) is 22.6 Å². The van der Waals surface area contributed by atoms with Crippen LogP contribution in [-0.2, 0) is 11.0 Å². The summed E-state index contributed by atoms with van der Waals surface area (Å²) in [5.41, 5.74) is -1.16. The van der Waals surface area contributed by atoms with E-state index >= 15 is 0 Å². The van der Waals surface area contributed by atoms with Gasteiger partial charge in [0.15, 0.2) is 5.82 Å². The molecule has 2 aromatic heterocycles. The van der Waals surface area contributed by atoms with Gasteiger partial charge in [0.25, 0.3) is 0 Å². The molecule has 4 rings (SSSR count). The Morgan fingerprint density at radius 1 is 1.24 bits per heavy atom. The average molecular weight is 466 g/mol. The maximum atomic E-state index is 12.6. The van der Waals surface area contributed by atoms with Crippen molar-refractivity contribution < 1.29 is 27.8 Å². The molecule has 0 spiro atoms. The molecule has 1 aliphatic carbocycles. The molecular weight excluding hydrogens is 441 g/mol. The molecule has 1 aliphatic heterocycles. The number of rotatable bonds is 5. The molecule has 0 saturated heterocycles. The van der Waals surface area contributed by atoms with E-state index in [0.717, 1.165) is 12.3 Å². The fraction of sp³-hybridized carbons (Fsp3) is 0.524. The molecule has 9 nitrogen and oxygen atoms in total. The van der Waals surface area contributed by atoms with Crippen LogP contribution in [0.2, 0.25) is 0 Å². The van der Waals surface area contributed by atoms with Gasteiger partial charge in [0, 0.05) is 25.9 Å². The number of ether oxygens (including phenoxy) is 1. The van der Waals surface area contributed by atoms with E-state index in [2.05, 4.69) is 25.6 Å². The van der Waals surface area contributed by atoms with E-state index in [-0.39, 0.29) is 23.8 Å². The van der Waals surface area contributed by atoms with Crippen LogP contribution in [0.25, 0.3) is 0 Å². The number of anilines is 3. The van der Waals surface area contributed by atoms with Gasteiger partial charge in [-0.2, -0.15) is 18.2 Å². The minimum Gasteiger partial charge on any atom is -0.489 e. The van der Waals surface area contributed by atoms with Gasteiger partial charge in [-0.15, -0.1) is 0 Å². The number of carbonyl (C=O) groups excluding carboxylic acids is 1. The van der Waals surface area contributed by atoms with E-state index in [4.69, 9.17) is 4.74 Å². The van der Waals surface area contributed by atoms with Gasteiger partial charge in [-0.25, -0.2) is 9.97 Å². The van der Waals surface area contributed by atoms with E-state index in [1.807, 2.05) is 0 Å². The van der Waals surface area contributed by atoms with Crippen LogP contribution in [0, 0.1) is 6.92 Å². The minimum atomic E-state index is -4.49. The molecule has 0 radical (unpaired) electrons. The van der Waals surface area contributed by atoms with Crippen LogP contribution in [0.3, 0.4) is 0 Å². The molecule has 1 unspecified atom stereocenters. The van der Waals surface area contributed by atoms with Gasteiger partial charge in [-0.3, -0.25) is 4.79 Å². The normalized spacial score (nSPS) is 22.8. The smallest absolute Gasteiger partial charge is 0.433 e. The zero-order valence-electron chi connectivity index (χ0n) is 18.6. The molecule has 1 amide bonds. The first-order chi connectivity index (χ1) is 15.3. The summed E-state index contributed by atoms with van der Waals surface area (Å²) in [7, 11) is 1.70. The van der Waals surface area contributed by atoms with E-state index in [1.54, 1.807) is 32.7 Å². The van der Waals surface area contributed by atoms with Gasteiger partial charge in [-0.05, 0) is 32.9 Å². The molecule has 0 bridgehead atoms. The lowest BCUT2D eigenvalue weighted by molar-refractivity contribution is -0.141. The zero-order chi connectivity index (χ0) is 24.1. The maximum Gasteiger partial charge on any atom is 0.433 e. The maximum absolute atomic E-state index is 12.6.